The molecule has 0 radical (unpaired) electrons. The lowest BCUT2D eigenvalue weighted by atomic mass is 10.1. The minimum atomic E-state index is -4.60. The molecule has 9 nitrogen and oxygen atoms in total. The number of hydrogen-bond acceptors (Lipinski definition) is 7. The topological polar surface area (TPSA) is 88.9 Å². The highest BCUT2D eigenvalue weighted by atomic mass is 19.4. The molecule has 6 rings (SSSR count). The second-order valence-corrected chi connectivity index (χ2v) is 11.5. The van der Waals surface area contributed by atoms with Gasteiger partial charge in [-0.1, -0.05) is 6.07 Å². The zero-order chi connectivity index (χ0) is 28.6. The molecule has 0 spiro atoms. The molecule has 2 aromatic rings. The first-order valence-corrected chi connectivity index (χ1v) is 14.5. The fraction of sp³-hybridized carbons (Fsp3) is 0.621. The van der Waals surface area contributed by atoms with E-state index in [2.05, 4.69) is 21.3 Å². The number of halogens is 3. The first-order valence-electron chi connectivity index (χ1n) is 14.5. The summed E-state index contributed by atoms with van der Waals surface area (Å²) >= 11 is 0. The van der Waals surface area contributed by atoms with Gasteiger partial charge >= 0.3 is 6.18 Å². The maximum Gasteiger partial charge on any atom is 0.416 e. The summed E-state index contributed by atoms with van der Waals surface area (Å²) in [6, 6.07) is 5.80. The fourth-order valence-corrected chi connectivity index (χ4v) is 6.69. The molecule has 0 aromatic carbocycles. The van der Waals surface area contributed by atoms with Crippen LogP contribution in [0.2, 0.25) is 0 Å². The van der Waals surface area contributed by atoms with Gasteiger partial charge in [-0.25, -0.2) is 0 Å². The van der Waals surface area contributed by atoms with Crippen LogP contribution in [0.25, 0.3) is 0 Å². The summed E-state index contributed by atoms with van der Waals surface area (Å²) < 4.78 is 53.5. The number of rotatable bonds is 6. The largest absolute Gasteiger partial charge is 0.416 e. The number of alkyl halides is 3. The van der Waals surface area contributed by atoms with Crippen molar-refractivity contribution in [1.29, 1.82) is 0 Å². The van der Waals surface area contributed by atoms with Gasteiger partial charge in [0.25, 0.3) is 5.56 Å². The third-order valence-corrected chi connectivity index (χ3v) is 8.76. The maximum absolute atomic E-state index is 13.3. The van der Waals surface area contributed by atoms with Gasteiger partial charge in [0.2, 0.25) is 5.91 Å². The molecule has 4 atom stereocenters. The van der Waals surface area contributed by atoms with E-state index in [1.54, 1.807) is 11.1 Å². The normalized spacial score (nSPS) is 27.3. The number of carbonyl (C=O) groups is 1. The molecule has 2 aromatic heterocycles. The zero-order valence-corrected chi connectivity index (χ0v) is 22.9. The first kappa shape index (κ1) is 28.3. The van der Waals surface area contributed by atoms with Crippen LogP contribution in [0.1, 0.15) is 54.3 Å². The Labute approximate surface area is 236 Å². The summed E-state index contributed by atoms with van der Waals surface area (Å²) in [4.78, 5) is 34.3. The van der Waals surface area contributed by atoms with E-state index in [0.717, 1.165) is 57.1 Å². The Balaban J connectivity index is 1.13. The van der Waals surface area contributed by atoms with Crippen molar-refractivity contribution in [1.82, 2.24) is 24.7 Å². The lowest BCUT2D eigenvalue weighted by molar-refractivity contribution is -0.138. The fourth-order valence-electron chi connectivity index (χ4n) is 6.69. The van der Waals surface area contributed by atoms with Gasteiger partial charge in [-0.2, -0.15) is 13.2 Å². The number of fused-ring (bicyclic) bond motifs is 2. The van der Waals surface area contributed by atoms with Crippen molar-refractivity contribution in [2.45, 2.75) is 75.7 Å². The van der Waals surface area contributed by atoms with Crippen LogP contribution in [0, 0.1) is 0 Å². The first-order chi connectivity index (χ1) is 19.7. The van der Waals surface area contributed by atoms with Crippen LogP contribution < -0.4 is 10.9 Å². The van der Waals surface area contributed by atoms with Gasteiger partial charge in [0.05, 0.1) is 29.9 Å². The summed E-state index contributed by atoms with van der Waals surface area (Å²) in [7, 11) is 0. The van der Waals surface area contributed by atoms with Gasteiger partial charge < -0.3 is 19.4 Å². The van der Waals surface area contributed by atoms with Gasteiger partial charge in [-0.15, -0.1) is 0 Å². The second-order valence-electron chi connectivity index (χ2n) is 11.5. The molecule has 1 aliphatic carbocycles. The molecule has 0 saturated carbocycles. The highest BCUT2D eigenvalue weighted by molar-refractivity contribution is 5.78. The van der Waals surface area contributed by atoms with Crippen LogP contribution in [-0.4, -0.2) is 82.8 Å². The van der Waals surface area contributed by atoms with Crippen LogP contribution >= 0.6 is 0 Å². The van der Waals surface area contributed by atoms with Crippen molar-refractivity contribution in [3.05, 3.63) is 63.3 Å². The van der Waals surface area contributed by atoms with Gasteiger partial charge in [0, 0.05) is 69.9 Å². The molecule has 222 valence electrons. The van der Waals surface area contributed by atoms with Crippen LogP contribution in [0.5, 0.6) is 0 Å². The van der Waals surface area contributed by atoms with Crippen LogP contribution in [0.3, 0.4) is 0 Å². The third-order valence-electron chi connectivity index (χ3n) is 8.76. The van der Waals surface area contributed by atoms with Crippen molar-refractivity contribution in [3.63, 3.8) is 0 Å². The van der Waals surface area contributed by atoms with E-state index in [-0.39, 0.29) is 49.5 Å². The lowest BCUT2D eigenvalue weighted by Crippen LogP contribution is -2.49. The summed E-state index contributed by atoms with van der Waals surface area (Å²) in [5, 5.41) is 3.18. The third kappa shape index (κ3) is 6.35. The standard InChI is InChI=1S/C29H36F3N5O4/c30-29(31,32)20-13-22-15-35(9-10-37(22)27(39)14-20)18-26(38)34-23-16-36(21-4-2-11-40-12-7-21)17-25(23)41-24-6-5-19-3-1-8-33-28(19)24/h1,3,8,13-14,21,23-25H,2,4-7,9-12,15-18H2,(H,34,38). The molecule has 41 heavy (non-hydrogen) atoms. The number of aryl methyl sites for hydroxylation is 1. The Morgan fingerprint density at radius 2 is 2.02 bits per heavy atom. The lowest BCUT2D eigenvalue weighted by Gasteiger charge is -2.30. The number of nitrogens with one attached hydrogen (secondary N) is 1. The molecule has 1 amide bonds. The molecule has 2 fully saturated rings. The second kappa shape index (κ2) is 11.8. The molecule has 3 aliphatic heterocycles. The number of aromatic nitrogens is 2. The predicted molar refractivity (Wildman–Crippen MR) is 143 cm³/mol. The predicted octanol–water partition coefficient (Wildman–Crippen LogP) is 2.52. The quantitative estimate of drug-likeness (QED) is 0.567. The maximum atomic E-state index is 13.3. The Morgan fingerprint density at radius 3 is 2.88 bits per heavy atom. The van der Waals surface area contributed by atoms with E-state index < -0.39 is 17.3 Å². The molecule has 5 heterocycles. The van der Waals surface area contributed by atoms with Crippen LogP contribution in [-0.2, 0) is 40.0 Å². The van der Waals surface area contributed by atoms with Gasteiger partial charge in [0.1, 0.15) is 6.10 Å². The summed E-state index contributed by atoms with van der Waals surface area (Å²) in [5.74, 6) is -0.206. The van der Waals surface area contributed by atoms with Crippen molar-refractivity contribution >= 4 is 5.91 Å². The van der Waals surface area contributed by atoms with E-state index in [1.807, 2.05) is 6.07 Å². The highest BCUT2D eigenvalue weighted by Gasteiger charge is 2.41. The Bertz CT molecular complexity index is 1310. The number of likely N-dealkylation sites (tertiary alicyclic amines) is 1. The van der Waals surface area contributed by atoms with Crippen molar-refractivity contribution < 1.29 is 27.4 Å². The number of pyridine rings is 2. The summed E-state index contributed by atoms with van der Waals surface area (Å²) in [6.45, 7) is 3.61. The minimum absolute atomic E-state index is 0.0265. The monoisotopic (exact) mass is 575 g/mol. The number of ether oxygens (including phenoxy) is 2. The summed E-state index contributed by atoms with van der Waals surface area (Å²) in [5.41, 5.74) is 0.807. The molecule has 4 unspecified atom stereocenters. The number of nitrogens with zero attached hydrogens (tertiary/aromatic N) is 4. The smallest absolute Gasteiger partial charge is 0.381 e. The van der Waals surface area contributed by atoms with Gasteiger partial charge in [-0.05, 0) is 49.8 Å². The van der Waals surface area contributed by atoms with Crippen molar-refractivity contribution in [3.8, 4) is 0 Å². The van der Waals surface area contributed by atoms with E-state index in [4.69, 9.17) is 9.47 Å². The molecular weight excluding hydrogens is 539 g/mol. The Kier molecular flexibility index (Phi) is 8.17. The van der Waals surface area contributed by atoms with Crippen molar-refractivity contribution in [2.75, 3.05) is 39.4 Å². The molecular formula is C29H36F3N5O4. The highest BCUT2D eigenvalue weighted by Crippen LogP contribution is 2.35. The van der Waals surface area contributed by atoms with Gasteiger partial charge in [-0.3, -0.25) is 24.4 Å². The SMILES string of the molecule is O=C(CN1CCn2c(cc(C(F)(F)F)cc2=O)C1)NC1CN(C2CCCOCC2)CC1OC1CCc2cccnc21. The van der Waals surface area contributed by atoms with E-state index in [0.29, 0.717) is 31.7 Å². The molecule has 12 heteroatoms. The Morgan fingerprint density at radius 1 is 1.15 bits per heavy atom. The molecule has 4 aliphatic rings. The zero-order valence-electron chi connectivity index (χ0n) is 22.9. The minimum Gasteiger partial charge on any atom is -0.381 e. The van der Waals surface area contributed by atoms with E-state index >= 15 is 0 Å². The van der Waals surface area contributed by atoms with E-state index in [1.165, 1.54) is 10.1 Å². The van der Waals surface area contributed by atoms with Crippen molar-refractivity contribution in [2.24, 2.45) is 0 Å². The Hall–Kier alpha value is -2.80. The number of carbonyl (C=O) groups excluding carboxylic acids is 1. The number of hydrogen-bond donors (Lipinski definition) is 1. The number of amides is 1. The van der Waals surface area contributed by atoms with E-state index in [9.17, 15) is 22.8 Å². The average Bonchev–Trinajstić information content (AvgIpc) is 3.41. The molecule has 2 saturated heterocycles. The summed E-state index contributed by atoms with van der Waals surface area (Å²) in [6.07, 6.45) is 1.60. The average molecular weight is 576 g/mol. The van der Waals surface area contributed by atoms with Crippen LogP contribution in [0.4, 0.5) is 13.2 Å². The van der Waals surface area contributed by atoms with Gasteiger partial charge in [0.15, 0.2) is 0 Å². The van der Waals surface area contributed by atoms with Crippen LogP contribution in [0.15, 0.2) is 35.3 Å². The molecule has 1 N–H and O–H groups in total. The molecule has 0 bridgehead atoms.